The third-order valence-corrected chi connectivity index (χ3v) is 4.43. The van der Waals surface area contributed by atoms with E-state index in [4.69, 9.17) is 4.74 Å². The van der Waals surface area contributed by atoms with E-state index in [2.05, 4.69) is 10.4 Å². The molecule has 0 unspecified atom stereocenters. The van der Waals surface area contributed by atoms with Gasteiger partial charge in [-0.25, -0.2) is 4.68 Å². The maximum Gasteiger partial charge on any atom is 0.244 e. The van der Waals surface area contributed by atoms with Crippen molar-refractivity contribution in [2.75, 3.05) is 7.11 Å². The van der Waals surface area contributed by atoms with Crippen LogP contribution >= 0.6 is 0 Å². The number of carbonyl (C=O) groups excluding carboxylic acids is 1. The van der Waals surface area contributed by atoms with E-state index in [0.717, 1.165) is 34.0 Å². The standard InChI is InChI=1S/C22H23N3O2/c1-16-20(17(2)25(24-16)19-10-5-4-6-11-19)15-23-22(26)14-13-18-9-7-8-12-21(18)27-3/h4-14H,15H2,1-3H3,(H,23,26). The number of rotatable bonds is 6. The van der Waals surface area contributed by atoms with Crippen molar-refractivity contribution in [3.8, 4) is 11.4 Å². The molecule has 3 rings (SSSR count). The summed E-state index contributed by atoms with van der Waals surface area (Å²) in [5.74, 6) is 0.574. The predicted molar refractivity (Wildman–Crippen MR) is 107 cm³/mol. The fraction of sp³-hybridized carbons (Fsp3) is 0.182. The highest BCUT2D eigenvalue weighted by atomic mass is 16.5. The van der Waals surface area contributed by atoms with Crippen LogP contribution in [0.25, 0.3) is 11.8 Å². The number of ether oxygens (including phenoxy) is 1. The fourth-order valence-electron chi connectivity index (χ4n) is 2.96. The minimum atomic E-state index is -0.160. The highest BCUT2D eigenvalue weighted by Crippen LogP contribution is 2.19. The Labute approximate surface area is 159 Å². The number of carbonyl (C=O) groups is 1. The number of para-hydroxylation sites is 2. The first-order valence-corrected chi connectivity index (χ1v) is 8.79. The first-order chi connectivity index (χ1) is 13.1. The molecule has 5 nitrogen and oxygen atoms in total. The number of amides is 1. The quantitative estimate of drug-likeness (QED) is 0.679. The zero-order valence-corrected chi connectivity index (χ0v) is 15.8. The van der Waals surface area contributed by atoms with Gasteiger partial charge in [-0.2, -0.15) is 5.10 Å². The van der Waals surface area contributed by atoms with E-state index in [0.29, 0.717) is 6.54 Å². The van der Waals surface area contributed by atoms with Gasteiger partial charge in [-0.3, -0.25) is 4.79 Å². The topological polar surface area (TPSA) is 56.1 Å². The molecule has 0 fully saturated rings. The van der Waals surface area contributed by atoms with Crippen LogP contribution < -0.4 is 10.1 Å². The Balaban J connectivity index is 1.69. The van der Waals surface area contributed by atoms with E-state index in [1.165, 1.54) is 6.08 Å². The maximum absolute atomic E-state index is 12.2. The Bertz CT molecular complexity index is 959. The molecular formula is C22H23N3O2. The minimum Gasteiger partial charge on any atom is -0.496 e. The van der Waals surface area contributed by atoms with Crippen molar-refractivity contribution in [2.24, 2.45) is 0 Å². The number of aromatic nitrogens is 2. The average Bonchev–Trinajstić information content (AvgIpc) is 2.99. The Morgan fingerprint density at radius 1 is 1.11 bits per heavy atom. The molecule has 2 aromatic carbocycles. The van der Waals surface area contributed by atoms with Crippen LogP contribution in [0.5, 0.6) is 5.75 Å². The molecule has 0 saturated carbocycles. The first kappa shape index (κ1) is 18.5. The Morgan fingerprint density at radius 2 is 1.81 bits per heavy atom. The van der Waals surface area contributed by atoms with Crippen LogP contribution in [-0.4, -0.2) is 22.8 Å². The van der Waals surface area contributed by atoms with Crippen molar-refractivity contribution < 1.29 is 9.53 Å². The summed E-state index contributed by atoms with van der Waals surface area (Å²) in [4.78, 5) is 12.2. The lowest BCUT2D eigenvalue weighted by atomic mass is 10.1. The average molecular weight is 361 g/mol. The molecule has 0 aliphatic heterocycles. The van der Waals surface area contributed by atoms with Crippen molar-refractivity contribution in [1.82, 2.24) is 15.1 Å². The summed E-state index contributed by atoms with van der Waals surface area (Å²) in [6.07, 6.45) is 3.27. The van der Waals surface area contributed by atoms with Gasteiger partial charge in [0.2, 0.25) is 5.91 Å². The second kappa shape index (κ2) is 8.36. The van der Waals surface area contributed by atoms with Crippen molar-refractivity contribution in [3.63, 3.8) is 0 Å². The van der Waals surface area contributed by atoms with E-state index >= 15 is 0 Å². The van der Waals surface area contributed by atoms with Crippen molar-refractivity contribution in [3.05, 3.63) is 83.2 Å². The van der Waals surface area contributed by atoms with Gasteiger partial charge < -0.3 is 10.1 Å². The molecule has 0 atom stereocenters. The Hall–Kier alpha value is -3.34. The third-order valence-electron chi connectivity index (χ3n) is 4.43. The van der Waals surface area contributed by atoms with Gasteiger partial charge in [0.1, 0.15) is 5.75 Å². The SMILES string of the molecule is COc1ccccc1C=CC(=O)NCc1c(C)nn(-c2ccccc2)c1C. The molecule has 3 aromatic rings. The molecule has 138 valence electrons. The number of nitrogens with zero attached hydrogens (tertiary/aromatic N) is 2. The van der Waals surface area contributed by atoms with Gasteiger partial charge in [-0.05, 0) is 38.1 Å². The molecular weight excluding hydrogens is 338 g/mol. The second-order valence-corrected chi connectivity index (χ2v) is 6.19. The lowest BCUT2D eigenvalue weighted by Crippen LogP contribution is -2.21. The zero-order chi connectivity index (χ0) is 19.2. The number of nitrogens with one attached hydrogen (secondary N) is 1. The molecule has 1 N–H and O–H groups in total. The largest absolute Gasteiger partial charge is 0.496 e. The number of benzene rings is 2. The lowest BCUT2D eigenvalue weighted by Gasteiger charge is -2.06. The molecule has 0 aliphatic carbocycles. The normalized spacial score (nSPS) is 10.9. The van der Waals surface area contributed by atoms with Crippen LogP contribution in [0, 0.1) is 13.8 Å². The number of aryl methyl sites for hydroxylation is 1. The summed E-state index contributed by atoms with van der Waals surface area (Å²) in [5, 5.41) is 7.54. The first-order valence-electron chi connectivity index (χ1n) is 8.79. The molecule has 1 amide bonds. The second-order valence-electron chi connectivity index (χ2n) is 6.19. The number of hydrogen-bond acceptors (Lipinski definition) is 3. The van der Waals surface area contributed by atoms with E-state index in [1.807, 2.05) is 73.1 Å². The molecule has 1 heterocycles. The Morgan fingerprint density at radius 3 is 2.56 bits per heavy atom. The lowest BCUT2D eigenvalue weighted by molar-refractivity contribution is -0.116. The minimum absolute atomic E-state index is 0.160. The van der Waals surface area contributed by atoms with Crippen LogP contribution in [0.3, 0.4) is 0 Å². The van der Waals surface area contributed by atoms with Crippen molar-refractivity contribution in [2.45, 2.75) is 20.4 Å². The summed E-state index contributed by atoms with van der Waals surface area (Å²) in [5.41, 5.74) is 4.82. The fourth-order valence-corrected chi connectivity index (χ4v) is 2.96. The van der Waals surface area contributed by atoms with E-state index in [9.17, 15) is 4.79 Å². The molecule has 0 bridgehead atoms. The van der Waals surface area contributed by atoms with Gasteiger partial charge in [-0.1, -0.05) is 36.4 Å². The molecule has 0 spiro atoms. The van der Waals surface area contributed by atoms with E-state index in [1.54, 1.807) is 13.2 Å². The van der Waals surface area contributed by atoms with E-state index < -0.39 is 0 Å². The van der Waals surface area contributed by atoms with E-state index in [-0.39, 0.29) is 5.91 Å². The summed E-state index contributed by atoms with van der Waals surface area (Å²) in [7, 11) is 1.61. The number of hydrogen-bond donors (Lipinski definition) is 1. The third kappa shape index (κ3) is 4.26. The van der Waals surface area contributed by atoms with Crippen LogP contribution in [0.1, 0.15) is 22.5 Å². The van der Waals surface area contributed by atoms with Gasteiger partial charge in [-0.15, -0.1) is 0 Å². The van der Waals surface area contributed by atoms with Gasteiger partial charge in [0, 0.05) is 29.4 Å². The maximum atomic E-state index is 12.2. The van der Waals surface area contributed by atoms with Crippen LogP contribution in [-0.2, 0) is 11.3 Å². The van der Waals surface area contributed by atoms with Gasteiger partial charge in [0.05, 0.1) is 18.5 Å². The predicted octanol–water partition coefficient (Wildman–Crippen LogP) is 3.83. The molecule has 0 saturated heterocycles. The summed E-state index contributed by atoms with van der Waals surface area (Å²) in [6, 6.07) is 17.5. The van der Waals surface area contributed by atoms with Crippen LogP contribution in [0.4, 0.5) is 0 Å². The highest BCUT2D eigenvalue weighted by molar-refractivity contribution is 5.92. The van der Waals surface area contributed by atoms with Crippen LogP contribution in [0.15, 0.2) is 60.7 Å². The summed E-state index contributed by atoms with van der Waals surface area (Å²) >= 11 is 0. The monoisotopic (exact) mass is 361 g/mol. The molecule has 1 aromatic heterocycles. The summed E-state index contributed by atoms with van der Waals surface area (Å²) in [6.45, 7) is 4.40. The highest BCUT2D eigenvalue weighted by Gasteiger charge is 2.13. The molecule has 27 heavy (non-hydrogen) atoms. The van der Waals surface area contributed by atoms with Gasteiger partial charge in [0.25, 0.3) is 0 Å². The molecule has 5 heteroatoms. The zero-order valence-electron chi connectivity index (χ0n) is 15.8. The van der Waals surface area contributed by atoms with Crippen molar-refractivity contribution in [1.29, 1.82) is 0 Å². The molecule has 0 aliphatic rings. The van der Waals surface area contributed by atoms with Gasteiger partial charge in [0.15, 0.2) is 0 Å². The number of methoxy groups -OCH3 is 1. The molecule has 0 radical (unpaired) electrons. The van der Waals surface area contributed by atoms with Gasteiger partial charge >= 0.3 is 0 Å². The summed E-state index contributed by atoms with van der Waals surface area (Å²) < 4.78 is 7.19. The van der Waals surface area contributed by atoms with Crippen molar-refractivity contribution >= 4 is 12.0 Å². The Kier molecular flexibility index (Phi) is 5.71. The van der Waals surface area contributed by atoms with Crippen LogP contribution in [0.2, 0.25) is 0 Å². The smallest absolute Gasteiger partial charge is 0.244 e.